The van der Waals surface area contributed by atoms with Gasteiger partial charge in [-0.05, 0) is 68.6 Å². The van der Waals surface area contributed by atoms with E-state index in [0.717, 1.165) is 18.4 Å². The summed E-state index contributed by atoms with van der Waals surface area (Å²) < 4.78 is 14.1. The molecule has 0 fully saturated rings. The number of carboxylic acid groups (broad SMARTS) is 1. The predicted octanol–water partition coefficient (Wildman–Crippen LogP) is 6.25. The maximum absolute atomic E-state index is 14.1. The van der Waals surface area contributed by atoms with E-state index in [2.05, 4.69) is 45.3 Å². The first-order valence-electron chi connectivity index (χ1n) is 13.9. The molecule has 1 aromatic carbocycles. The van der Waals surface area contributed by atoms with E-state index in [-0.39, 0.29) is 41.1 Å². The van der Waals surface area contributed by atoms with Crippen molar-refractivity contribution in [2.75, 3.05) is 6.54 Å². The first-order valence-corrected chi connectivity index (χ1v) is 14.2. The van der Waals surface area contributed by atoms with Crippen LogP contribution in [0.3, 0.4) is 0 Å². The number of aliphatic carboxylic acids is 1. The zero-order valence-corrected chi connectivity index (χ0v) is 25.2. The number of carboxylic acids is 1. The van der Waals surface area contributed by atoms with E-state index in [1.807, 2.05) is 13.0 Å². The molecule has 2 rings (SSSR count). The van der Waals surface area contributed by atoms with E-state index in [1.54, 1.807) is 6.08 Å². The molecule has 1 aliphatic carbocycles. The van der Waals surface area contributed by atoms with Crippen molar-refractivity contribution in [1.29, 1.82) is 0 Å². The Labute approximate surface area is 242 Å². The van der Waals surface area contributed by atoms with E-state index in [9.17, 15) is 18.8 Å². The minimum atomic E-state index is -0.960. The van der Waals surface area contributed by atoms with Crippen LogP contribution in [0, 0.1) is 17.2 Å². The molecule has 40 heavy (non-hydrogen) atoms. The minimum absolute atomic E-state index is 0.0736. The summed E-state index contributed by atoms with van der Waals surface area (Å²) in [6, 6.07) is 3.90. The highest BCUT2D eigenvalue weighted by molar-refractivity contribution is 6.37. The summed E-state index contributed by atoms with van der Waals surface area (Å²) in [5.41, 5.74) is 1.41. The molecule has 3 atom stereocenters. The maximum atomic E-state index is 14.1. The first kappa shape index (κ1) is 33.4. The van der Waals surface area contributed by atoms with Gasteiger partial charge in [0.2, 0.25) is 5.91 Å². The second-order valence-corrected chi connectivity index (χ2v) is 12.2. The molecule has 0 aromatic heterocycles. The summed E-state index contributed by atoms with van der Waals surface area (Å²) in [6.45, 7) is 12.9. The molecule has 0 saturated heterocycles. The number of aliphatic imine (C=N–C) groups is 1. The van der Waals surface area contributed by atoms with Gasteiger partial charge in [0.05, 0.1) is 6.42 Å². The van der Waals surface area contributed by atoms with Crippen molar-refractivity contribution in [1.82, 2.24) is 10.6 Å². The second kappa shape index (κ2) is 14.7. The molecule has 9 heteroatoms. The number of benzene rings is 1. The number of allylic oxidation sites excluding steroid dienone is 2. The molecule has 7 nitrogen and oxygen atoms in total. The highest BCUT2D eigenvalue weighted by Crippen LogP contribution is 2.33. The summed E-state index contributed by atoms with van der Waals surface area (Å²) in [4.78, 5) is 40.2. The van der Waals surface area contributed by atoms with Gasteiger partial charge < -0.3 is 10.4 Å². The molecule has 0 bridgehead atoms. The van der Waals surface area contributed by atoms with E-state index in [1.165, 1.54) is 18.2 Å². The van der Waals surface area contributed by atoms with Crippen molar-refractivity contribution < 1.29 is 23.9 Å². The van der Waals surface area contributed by atoms with Crippen molar-refractivity contribution in [3.8, 4) is 0 Å². The van der Waals surface area contributed by atoms with Crippen LogP contribution < -0.4 is 10.6 Å². The van der Waals surface area contributed by atoms with E-state index >= 15 is 0 Å². The van der Waals surface area contributed by atoms with Gasteiger partial charge in [-0.1, -0.05) is 63.9 Å². The standard InChI is InChI=1S/C31H43ClFN3O4/c1-7-26(21-8-10-22(11-9-21)29(40)34-15-13-28(38)39)35-31(6,14-12-20(2)30(3,4)5)36-27(19-37)23-16-24(32)18-25(33)17-23/h8,10,16-20,26,35H,7,9,11-15H2,1-6H3,(H,34,40)(H,38,39)/b36-27+/t20?,26-,31?/m1/s1. The Morgan fingerprint density at radius 3 is 2.40 bits per heavy atom. The van der Waals surface area contributed by atoms with Gasteiger partial charge in [0.25, 0.3) is 0 Å². The van der Waals surface area contributed by atoms with Crippen LogP contribution >= 0.6 is 11.6 Å². The third-order valence-electron chi connectivity index (χ3n) is 7.62. The van der Waals surface area contributed by atoms with Crippen LogP contribution in [-0.2, 0) is 14.4 Å². The number of halogens is 2. The fraction of sp³-hybridized carbons (Fsp3) is 0.548. The van der Waals surface area contributed by atoms with Crippen molar-refractivity contribution in [3.05, 3.63) is 57.9 Å². The Kier molecular flexibility index (Phi) is 12.3. The largest absolute Gasteiger partial charge is 0.481 e. The summed E-state index contributed by atoms with van der Waals surface area (Å²) in [6.07, 6.45) is 7.66. The Morgan fingerprint density at radius 1 is 1.18 bits per heavy atom. The number of amides is 1. The van der Waals surface area contributed by atoms with Gasteiger partial charge in [-0.25, -0.2) is 4.39 Å². The normalized spacial score (nSPS) is 17.2. The molecule has 1 aromatic rings. The molecule has 0 radical (unpaired) electrons. The van der Waals surface area contributed by atoms with E-state index in [0.29, 0.717) is 42.6 Å². The fourth-order valence-electron chi connectivity index (χ4n) is 4.58. The van der Waals surface area contributed by atoms with Crippen molar-refractivity contribution in [2.24, 2.45) is 16.3 Å². The molecular weight excluding hydrogens is 533 g/mol. The molecular formula is C31H43ClFN3O4. The van der Waals surface area contributed by atoms with Gasteiger partial charge in [0, 0.05) is 28.7 Å². The Morgan fingerprint density at radius 2 is 1.88 bits per heavy atom. The summed E-state index contributed by atoms with van der Waals surface area (Å²) in [5, 5.41) is 15.3. The lowest BCUT2D eigenvalue weighted by Crippen LogP contribution is -2.49. The zero-order valence-electron chi connectivity index (χ0n) is 24.4. The number of aldehydes is 1. The molecule has 0 aliphatic heterocycles. The molecule has 1 aliphatic rings. The van der Waals surface area contributed by atoms with Crippen molar-refractivity contribution in [2.45, 2.75) is 91.8 Å². The lowest BCUT2D eigenvalue weighted by atomic mass is 9.78. The molecule has 0 heterocycles. The smallest absolute Gasteiger partial charge is 0.305 e. The van der Waals surface area contributed by atoms with Crippen molar-refractivity contribution in [3.63, 3.8) is 0 Å². The average Bonchev–Trinajstić information content (AvgIpc) is 2.88. The van der Waals surface area contributed by atoms with Gasteiger partial charge in [-0.3, -0.25) is 24.7 Å². The Balaban J connectivity index is 2.36. The summed E-state index contributed by atoms with van der Waals surface area (Å²) in [7, 11) is 0. The van der Waals surface area contributed by atoms with Crippen LogP contribution in [0.5, 0.6) is 0 Å². The van der Waals surface area contributed by atoms with Gasteiger partial charge in [-0.2, -0.15) is 0 Å². The predicted molar refractivity (Wildman–Crippen MR) is 158 cm³/mol. The molecule has 3 N–H and O–H groups in total. The third kappa shape index (κ3) is 10.3. The highest BCUT2D eigenvalue weighted by Gasteiger charge is 2.31. The molecule has 1 amide bonds. The molecule has 0 spiro atoms. The second-order valence-electron chi connectivity index (χ2n) is 11.8. The fourth-order valence-corrected chi connectivity index (χ4v) is 4.80. The summed E-state index contributed by atoms with van der Waals surface area (Å²) >= 11 is 6.07. The monoisotopic (exact) mass is 575 g/mol. The molecule has 0 saturated carbocycles. The van der Waals surface area contributed by atoms with Gasteiger partial charge >= 0.3 is 5.97 Å². The van der Waals surface area contributed by atoms with E-state index in [4.69, 9.17) is 21.7 Å². The lowest BCUT2D eigenvalue weighted by Gasteiger charge is -2.36. The number of hydrogen-bond donors (Lipinski definition) is 3. The van der Waals surface area contributed by atoms with Crippen molar-refractivity contribution >= 4 is 35.5 Å². The highest BCUT2D eigenvalue weighted by atomic mass is 35.5. The van der Waals surface area contributed by atoms with Crippen LogP contribution in [0.2, 0.25) is 5.02 Å². The van der Waals surface area contributed by atoms with Crippen LogP contribution in [0.4, 0.5) is 4.39 Å². The van der Waals surface area contributed by atoms with Gasteiger partial charge in [-0.15, -0.1) is 0 Å². The number of carbonyl (C=O) groups is 3. The quantitative estimate of drug-likeness (QED) is 0.179. The van der Waals surface area contributed by atoms with Crippen LogP contribution in [0.25, 0.3) is 0 Å². The third-order valence-corrected chi connectivity index (χ3v) is 7.84. The molecule has 220 valence electrons. The number of carbonyl (C=O) groups excluding carboxylic acids is 2. The van der Waals surface area contributed by atoms with Gasteiger partial charge in [0.1, 0.15) is 17.2 Å². The van der Waals surface area contributed by atoms with Crippen LogP contribution in [-0.4, -0.2) is 47.2 Å². The summed E-state index contributed by atoms with van der Waals surface area (Å²) in [5.74, 6) is -1.38. The Hall–Kier alpha value is -2.84. The minimum Gasteiger partial charge on any atom is -0.481 e. The topological polar surface area (TPSA) is 108 Å². The number of nitrogens with zero attached hydrogens (tertiary/aromatic N) is 1. The van der Waals surface area contributed by atoms with E-state index < -0.39 is 17.4 Å². The number of rotatable bonds is 14. The van der Waals surface area contributed by atoms with Crippen LogP contribution in [0.15, 0.2) is 46.5 Å². The zero-order chi connectivity index (χ0) is 30.1. The van der Waals surface area contributed by atoms with Gasteiger partial charge in [0.15, 0.2) is 6.29 Å². The Bertz CT molecular complexity index is 1150. The SMILES string of the molecule is CC[C@@H](NC(C)(CCC(C)C(C)(C)C)/N=C(\C=O)c1cc(F)cc(Cl)c1)C1=CC=C(C(=O)NCCC(=O)O)CC1. The first-order chi connectivity index (χ1) is 18.7. The number of nitrogens with one attached hydrogen (secondary N) is 2. The number of hydrogen-bond acceptors (Lipinski definition) is 5. The lowest BCUT2D eigenvalue weighted by molar-refractivity contribution is -0.136. The molecule has 2 unspecified atom stereocenters. The van der Waals surface area contributed by atoms with Crippen LogP contribution in [0.1, 0.15) is 85.6 Å². The average molecular weight is 576 g/mol. The maximum Gasteiger partial charge on any atom is 0.305 e.